The molecule has 0 saturated heterocycles. The molecule has 0 nitrogen and oxygen atoms in total. The molecule has 0 aromatic carbocycles. The molecule has 0 radical (unpaired) electrons. The van der Waals surface area contributed by atoms with Crippen LogP contribution in [0.4, 0.5) is 0 Å². The molecule has 146 valence electrons. The van der Waals surface area contributed by atoms with Gasteiger partial charge >= 0.3 is 41.3 Å². The van der Waals surface area contributed by atoms with E-state index < -0.39 is 0 Å². The topological polar surface area (TPSA) is 0 Å². The molecule has 3 aliphatic rings. The number of aryl methyl sites for hydroxylation is 1. The van der Waals surface area contributed by atoms with Gasteiger partial charge in [0.2, 0.25) is 0 Å². The van der Waals surface area contributed by atoms with E-state index in [0.717, 1.165) is 6.42 Å². The van der Waals surface area contributed by atoms with Crippen LogP contribution in [0.15, 0.2) is 39.8 Å². The predicted molar refractivity (Wildman–Crippen MR) is 126 cm³/mol. The molecule has 1 unspecified atom stereocenters. The zero-order valence-corrected chi connectivity index (χ0v) is 22.5. The SMILES string of the molecule is CC1=C(C2=CC(C(C)C)=CC2)C2=c3cc(C)sc3=[C-]C2S1.C[C](C)=[Zr].Cl.Cl. The van der Waals surface area contributed by atoms with Gasteiger partial charge in [-0.3, -0.25) is 0 Å². The van der Waals surface area contributed by atoms with Crippen LogP contribution in [0.5, 0.6) is 0 Å². The molecule has 0 saturated carbocycles. The Morgan fingerprint density at radius 1 is 1.22 bits per heavy atom. The largest absolute Gasteiger partial charge is 0.147 e. The fourth-order valence-electron chi connectivity index (χ4n) is 3.46. The zero-order chi connectivity index (χ0) is 18.3. The van der Waals surface area contributed by atoms with Gasteiger partial charge in [0.05, 0.1) is 0 Å². The third-order valence-electron chi connectivity index (χ3n) is 4.47. The maximum Gasteiger partial charge on any atom is -0.147 e. The molecule has 1 aliphatic heterocycles. The minimum absolute atomic E-state index is 0. The van der Waals surface area contributed by atoms with E-state index >= 15 is 0 Å². The molecular formula is C22H27Cl2S2Zr-. The maximum atomic E-state index is 3.69. The van der Waals surface area contributed by atoms with E-state index in [4.69, 9.17) is 0 Å². The predicted octanol–water partition coefficient (Wildman–Crippen LogP) is 5.77. The van der Waals surface area contributed by atoms with E-state index in [1.54, 1.807) is 24.2 Å². The van der Waals surface area contributed by atoms with Crippen molar-refractivity contribution in [2.24, 2.45) is 5.92 Å². The number of hydrogen-bond donors (Lipinski definition) is 0. The molecular weight excluding hydrogens is 491 g/mol. The Kier molecular flexibility index (Phi) is 9.77. The number of thioether (sulfide) groups is 1. The number of rotatable bonds is 2. The number of halogens is 2. The van der Waals surface area contributed by atoms with Crippen molar-refractivity contribution in [3.8, 4) is 0 Å². The van der Waals surface area contributed by atoms with Gasteiger partial charge in [-0.25, -0.2) is 6.08 Å². The van der Waals surface area contributed by atoms with Crippen LogP contribution in [-0.4, -0.2) is 8.46 Å². The van der Waals surface area contributed by atoms with E-state index in [2.05, 4.69) is 65.8 Å². The van der Waals surface area contributed by atoms with E-state index in [1.807, 2.05) is 23.1 Å². The molecule has 2 heterocycles. The van der Waals surface area contributed by atoms with Gasteiger partial charge in [-0.2, -0.15) is 16.6 Å². The van der Waals surface area contributed by atoms with Gasteiger partial charge in [-0.05, 0) is 57.9 Å². The fraction of sp³-hybridized carbons (Fsp3) is 0.409. The minimum Gasteiger partial charge on any atom is -0.147 e. The van der Waals surface area contributed by atoms with Crippen molar-refractivity contribution in [1.82, 2.24) is 0 Å². The second-order valence-electron chi connectivity index (χ2n) is 7.32. The molecule has 4 rings (SSSR count). The first-order valence-corrected chi connectivity index (χ1v) is 11.7. The van der Waals surface area contributed by atoms with Crippen LogP contribution < -0.4 is 9.75 Å². The van der Waals surface area contributed by atoms with Crippen LogP contribution in [0.1, 0.15) is 45.9 Å². The third-order valence-corrected chi connectivity index (χ3v) is 6.60. The molecule has 5 heteroatoms. The van der Waals surface area contributed by atoms with Crippen molar-refractivity contribution >= 4 is 62.8 Å². The number of hydrogen-bond acceptors (Lipinski definition) is 2. The molecule has 0 spiro atoms. The molecule has 1 aromatic rings. The van der Waals surface area contributed by atoms with Crippen molar-refractivity contribution in [1.29, 1.82) is 0 Å². The molecule has 0 N–H and O–H groups in total. The van der Waals surface area contributed by atoms with E-state index in [-0.39, 0.29) is 24.8 Å². The van der Waals surface area contributed by atoms with Crippen LogP contribution in [0.3, 0.4) is 0 Å². The summed E-state index contributed by atoms with van der Waals surface area (Å²) in [7, 11) is 0. The van der Waals surface area contributed by atoms with Crippen LogP contribution in [0.25, 0.3) is 11.6 Å². The van der Waals surface area contributed by atoms with Gasteiger partial charge in [0.1, 0.15) is 0 Å². The molecule has 27 heavy (non-hydrogen) atoms. The Morgan fingerprint density at radius 2 is 1.85 bits per heavy atom. The molecule has 0 bridgehead atoms. The molecule has 1 aromatic heterocycles. The van der Waals surface area contributed by atoms with Crippen LogP contribution in [0, 0.1) is 12.8 Å². The molecule has 0 amide bonds. The number of fused-ring (bicyclic) bond motifs is 2. The average molecular weight is 518 g/mol. The Balaban J connectivity index is 0.000000558. The normalized spacial score (nSPS) is 19.2. The van der Waals surface area contributed by atoms with Crippen molar-refractivity contribution in [2.75, 3.05) is 0 Å². The van der Waals surface area contributed by atoms with Gasteiger partial charge in [0.25, 0.3) is 0 Å². The summed E-state index contributed by atoms with van der Waals surface area (Å²) in [6.07, 6.45) is 9.62. The monoisotopic (exact) mass is 515 g/mol. The minimum atomic E-state index is 0. The summed E-state index contributed by atoms with van der Waals surface area (Å²) in [5.41, 5.74) is 6.05. The zero-order valence-electron chi connectivity index (χ0n) is 16.7. The fourth-order valence-corrected chi connectivity index (χ4v) is 5.74. The summed E-state index contributed by atoms with van der Waals surface area (Å²) in [5, 5.41) is 1.88. The second kappa shape index (κ2) is 10.4. The summed E-state index contributed by atoms with van der Waals surface area (Å²) in [6.45, 7) is 13.3. The van der Waals surface area contributed by atoms with Crippen LogP contribution in [-0.2, 0) is 24.2 Å². The van der Waals surface area contributed by atoms with Crippen molar-refractivity contribution in [3.63, 3.8) is 0 Å². The summed E-state index contributed by atoms with van der Waals surface area (Å²) in [4.78, 5) is 2.87. The Morgan fingerprint density at radius 3 is 2.41 bits per heavy atom. The summed E-state index contributed by atoms with van der Waals surface area (Å²) in [5.74, 6) is 0.624. The Labute approximate surface area is 199 Å². The summed E-state index contributed by atoms with van der Waals surface area (Å²) >= 11 is 5.42. The van der Waals surface area contributed by atoms with E-state index in [1.165, 1.54) is 45.0 Å². The van der Waals surface area contributed by atoms with Crippen molar-refractivity contribution in [3.05, 3.63) is 54.5 Å². The second-order valence-corrected chi connectivity index (χ2v) is 12.4. The maximum absolute atomic E-state index is 3.69. The van der Waals surface area contributed by atoms with Gasteiger partial charge < -0.3 is 0 Å². The van der Waals surface area contributed by atoms with Crippen LogP contribution >= 0.6 is 47.9 Å². The first-order chi connectivity index (χ1) is 11.8. The van der Waals surface area contributed by atoms with Crippen molar-refractivity contribution < 1.29 is 24.2 Å². The number of allylic oxidation sites excluding steroid dienone is 6. The standard InChI is InChI=1S/C19H19S2.C3H6.2ClH.Zr/c1-10(2)13-5-6-14(8-13)18-12(4)21-17-9-16-15(19(17)18)7-11(3)20-16;1-3-2;;;/h5,7-8,10,17H,6H2,1-4H3;1-2H3;2*1H;/q-1;;;;. The van der Waals surface area contributed by atoms with Gasteiger partial charge in [-0.15, -0.1) is 52.7 Å². The van der Waals surface area contributed by atoms with Crippen LogP contribution in [0.2, 0.25) is 0 Å². The van der Waals surface area contributed by atoms with Gasteiger partial charge in [0, 0.05) is 0 Å². The van der Waals surface area contributed by atoms with Gasteiger partial charge in [0.15, 0.2) is 0 Å². The molecule has 0 fully saturated rings. The summed E-state index contributed by atoms with van der Waals surface area (Å²) in [6, 6.07) is 2.35. The smallest absolute Gasteiger partial charge is 0.147 e. The van der Waals surface area contributed by atoms with E-state index in [9.17, 15) is 0 Å². The van der Waals surface area contributed by atoms with E-state index in [0.29, 0.717) is 11.2 Å². The third kappa shape index (κ3) is 5.49. The molecule has 2 aliphatic carbocycles. The first-order valence-electron chi connectivity index (χ1n) is 8.82. The van der Waals surface area contributed by atoms with Gasteiger partial charge in [-0.1, -0.05) is 26.0 Å². The molecule has 1 atom stereocenters. The quantitative estimate of drug-likeness (QED) is 0.449. The van der Waals surface area contributed by atoms with Crippen molar-refractivity contribution in [2.45, 2.75) is 53.2 Å². The average Bonchev–Trinajstić information content (AvgIpc) is 3.19. The summed E-state index contributed by atoms with van der Waals surface area (Å²) < 4.78 is 2.87. The Hall–Kier alpha value is 0.343. The Bertz CT molecular complexity index is 941. The number of thiophene rings is 1. The first kappa shape index (κ1) is 25.4.